The molecular formula is C40H38ClN3O6S2. The molecule has 0 radical (unpaired) electrons. The average molecular weight is 756 g/mol. The fourth-order valence-corrected chi connectivity index (χ4v) is 7.59. The van der Waals surface area contributed by atoms with Crippen molar-refractivity contribution < 1.29 is 28.9 Å². The number of aliphatic hydroxyl groups excluding tert-OH is 1. The van der Waals surface area contributed by atoms with Crippen molar-refractivity contribution >= 4 is 57.3 Å². The lowest BCUT2D eigenvalue weighted by Crippen LogP contribution is -2.29. The quantitative estimate of drug-likeness (QED) is 0.0390. The summed E-state index contributed by atoms with van der Waals surface area (Å²) < 4.78 is 18.3. The lowest BCUT2D eigenvalue weighted by atomic mass is 9.95. The first-order valence-electron chi connectivity index (χ1n) is 16.7. The Labute approximate surface area is 316 Å². The molecule has 2 heterocycles. The van der Waals surface area contributed by atoms with Crippen LogP contribution < -0.4 is 19.1 Å². The molecule has 268 valence electrons. The maximum atomic E-state index is 13.9. The Morgan fingerprint density at radius 1 is 0.942 bits per heavy atom. The Morgan fingerprint density at radius 3 is 2.42 bits per heavy atom. The number of aliphatic hydroxyl groups is 1. The monoisotopic (exact) mass is 755 g/mol. The molecule has 0 spiro atoms. The first-order chi connectivity index (χ1) is 25.1. The first-order valence-corrected chi connectivity index (χ1v) is 18.9. The van der Waals surface area contributed by atoms with Gasteiger partial charge in [0.15, 0.2) is 15.8 Å². The number of anilines is 1. The Balaban J connectivity index is 1.33. The van der Waals surface area contributed by atoms with E-state index in [4.69, 9.17) is 25.8 Å². The molecule has 9 nitrogen and oxygen atoms in total. The molecule has 12 heteroatoms. The standard InChI is InChI=1S/C40H38ClN3O6S2/c1-24(2)18-19-49-32-17-12-29(21-33(32)48-4)35-34(36(45)28-10-15-31(16-11-28)50-22-27-7-5-6-25(3)20-27)37(46)38(47)44(35)39-42-43-40(52-39)51-23-26-8-13-30(41)14-9-26/h5-17,20-21,24,35,45H,18-19,22-23H2,1-4H3. The number of Topliss-reactive ketones (excluding diaryl/α,β-unsaturated/α-hetero) is 1. The van der Waals surface area contributed by atoms with Gasteiger partial charge >= 0.3 is 5.91 Å². The van der Waals surface area contributed by atoms with Gasteiger partial charge in [-0.05, 0) is 84.5 Å². The highest BCUT2D eigenvalue weighted by atomic mass is 35.5. The number of aryl methyl sites for hydroxylation is 1. The van der Waals surface area contributed by atoms with E-state index in [-0.39, 0.29) is 16.5 Å². The number of benzene rings is 4. The Bertz CT molecular complexity index is 2080. The van der Waals surface area contributed by atoms with Crippen molar-refractivity contribution in [3.05, 3.63) is 129 Å². The number of rotatable bonds is 14. The third kappa shape index (κ3) is 8.61. The minimum Gasteiger partial charge on any atom is -0.507 e. The summed E-state index contributed by atoms with van der Waals surface area (Å²) in [5, 5.41) is 21.3. The number of carbonyl (C=O) groups excluding carboxylic acids is 2. The van der Waals surface area contributed by atoms with E-state index in [1.165, 1.54) is 35.1 Å². The molecule has 5 aromatic rings. The molecule has 1 aromatic heterocycles. The van der Waals surface area contributed by atoms with Crippen LogP contribution in [0.2, 0.25) is 5.02 Å². The van der Waals surface area contributed by atoms with Crippen LogP contribution in [0.5, 0.6) is 17.2 Å². The van der Waals surface area contributed by atoms with Gasteiger partial charge in [0.1, 0.15) is 18.1 Å². The lowest BCUT2D eigenvalue weighted by Gasteiger charge is -2.23. The maximum Gasteiger partial charge on any atom is 0.301 e. The van der Waals surface area contributed by atoms with E-state index in [1.54, 1.807) is 42.5 Å². The minimum absolute atomic E-state index is 0.0838. The molecule has 4 aromatic carbocycles. The molecule has 1 amide bonds. The predicted octanol–water partition coefficient (Wildman–Crippen LogP) is 9.43. The average Bonchev–Trinajstić information content (AvgIpc) is 3.71. The number of amides is 1. The number of halogens is 1. The molecular weight excluding hydrogens is 718 g/mol. The fourth-order valence-electron chi connectivity index (χ4n) is 5.64. The van der Waals surface area contributed by atoms with Crippen molar-refractivity contribution in [3.8, 4) is 17.2 Å². The molecule has 52 heavy (non-hydrogen) atoms. The van der Waals surface area contributed by atoms with Gasteiger partial charge in [-0.25, -0.2) is 0 Å². The van der Waals surface area contributed by atoms with E-state index in [0.29, 0.717) is 62.6 Å². The number of aromatic nitrogens is 2. The normalized spacial score (nSPS) is 15.3. The minimum atomic E-state index is -1.03. The van der Waals surface area contributed by atoms with Crippen LogP contribution in [-0.2, 0) is 21.9 Å². The number of ketones is 1. The predicted molar refractivity (Wildman–Crippen MR) is 206 cm³/mol. The summed E-state index contributed by atoms with van der Waals surface area (Å²) >= 11 is 8.68. The highest BCUT2D eigenvalue weighted by molar-refractivity contribution is 8.00. The van der Waals surface area contributed by atoms with Crippen LogP contribution in [0.15, 0.2) is 101 Å². The summed E-state index contributed by atoms with van der Waals surface area (Å²) in [4.78, 5) is 29.0. The highest BCUT2D eigenvalue weighted by Crippen LogP contribution is 2.46. The van der Waals surface area contributed by atoms with Crippen LogP contribution in [-0.4, -0.2) is 40.7 Å². The summed E-state index contributed by atoms with van der Waals surface area (Å²) in [5.74, 6) is 0.615. The summed E-state index contributed by atoms with van der Waals surface area (Å²) in [6.07, 6.45) is 0.857. The van der Waals surface area contributed by atoms with E-state index in [9.17, 15) is 14.7 Å². The highest BCUT2D eigenvalue weighted by Gasteiger charge is 2.48. The second-order valence-corrected chi connectivity index (χ2v) is 15.3. The van der Waals surface area contributed by atoms with E-state index in [1.807, 2.05) is 49.4 Å². The molecule has 0 bridgehead atoms. The van der Waals surface area contributed by atoms with Crippen molar-refractivity contribution in [2.75, 3.05) is 18.6 Å². The van der Waals surface area contributed by atoms with Crippen molar-refractivity contribution in [2.24, 2.45) is 5.92 Å². The molecule has 1 unspecified atom stereocenters. The van der Waals surface area contributed by atoms with Gasteiger partial charge in [-0.1, -0.05) is 96.6 Å². The number of hydrogen-bond donors (Lipinski definition) is 1. The summed E-state index contributed by atoms with van der Waals surface area (Å²) in [5.41, 5.74) is 4.00. The molecule has 0 saturated carbocycles. The van der Waals surface area contributed by atoms with Gasteiger partial charge in [0, 0.05) is 16.3 Å². The van der Waals surface area contributed by atoms with Crippen LogP contribution in [0.25, 0.3) is 5.76 Å². The van der Waals surface area contributed by atoms with E-state index < -0.39 is 17.7 Å². The second kappa shape index (κ2) is 16.7. The summed E-state index contributed by atoms with van der Waals surface area (Å²) in [7, 11) is 1.53. The smallest absolute Gasteiger partial charge is 0.301 e. The van der Waals surface area contributed by atoms with Crippen molar-refractivity contribution in [3.63, 3.8) is 0 Å². The summed E-state index contributed by atoms with van der Waals surface area (Å²) in [6.45, 7) is 7.13. The third-order valence-corrected chi connectivity index (χ3v) is 10.8. The van der Waals surface area contributed by atoms with Crippen molar-refractivity contribution in [1.29, 1.82) is 0 Å². The number of thioether (sulfide) groups is 1. The van der Waals surface area contributed by atoms with Gasteiger partial charge in [-0.2, -0.15) is 0 Å². The van der Waals surface area contributed by atoms with Gasteiger partial charge in [0.2, 0.25) is 5.13 Å². The Kier molecular flexibility index (Phi) is 11.8. The molecule has 1 aliphatic heterocycles. The van der Waals surface area contributed by atoms with Crippen molar-refractivity contribution in [2.45, 2.75) is 49.9 Å². The molecule has 1 atom stereocenters. The van der Waals surface area contributed by atoms with Gasteiger partial charge in [-0.3, -0.25) is 14.5 Å². The van der Waals surface area contributed by atoms with Gasteiger partial charge in [-0.15, -0.1) is 10.2 Å². The van der Waals surface area contributed by atoms with Crippen LogP contribution in [0.4, 0.5) is 5.13 Å². The largest absolute Gasteiger partial charge is 0.507 e. The number of ether oxygens (including phenoxy) is 3. The van der Waals surface area contributed by atoms with Crippen molar-refractivity contribution in [1.82, 2.24) is 10.2 Å². The SMILES string of the molecule is COc1cc(C2C(=C(O)c3ccc(OCc4cccc(C)c4)cc3)C(=O)C(=O)N2c2nnc(SCc3ccc(Cl)cc3)s2)ccc1OCCC(C)C. The number of carbonyl (C=O) groups is 2. The van der Waals surface area contributed by atoms with Gasteiger partial charge in [0.05, 0.1) is 25.3 Å². The second-order valence-electron chi connectivity index (χ2n) is 12.7. The molecule has 1 saturated heterocycles. The third-order valence-electron chi connectivity index (χ3n) is 8.39. The number of methoxy groups -OCH3 is 1. The zero-order valence-corrected chi connectivity index (χ0v) is 31.6. The van der Waals surface area contributed by atoms with Crippen LogP contribution in [0.3, 0.4) is 0 Å². The zero-order valence-electron chi connectivity index (χ0n) is 29.2. The molecule has 1 N–H and O–H groups in total. The van der Waals surface area contributed by atoms with Crippen LogP contribution in [0, 0.1) is 12.8 Å². The topological polar surface area (TPSA) is 111 Å². The van der Waals surface area contributed by atoms with Gasteiger partial charge < -0.3 is 19.3 Å². The Morgan fingerprint density at radius 2 is 1.71 bits per heavy atom. The maximum absolute atomic E-state index is 13.9. The molecule has 1 aliphatic rings. The van der Waals surface area contributed by atoms with Crippen LogP contribution in [0.1, 0.15) is 54.1 Å². The molecule has 0 aliphatic carbocycles. The summed E-state index contributed by atoms with van der Waals surface area (Å²) in [6, 6.07) is 26.5. The molecule has 1 fully saturated rings. The van der Waals surface area contributed by atoms with Crippen LogP contribution >= 0.6 is 34.7 Å². The van der Waals surface area contributed by atoms with Gasteiger partial charge in [0.25, 0.3) is 5.78 Å². The number of hydrogen-bond acceptors (Lipinski definition) is 10. The zero-order chi connectivity index (χ0) is 36.8. The Hall–Kier alpha value is -4.84. The van der Waals surface area contributed by atoms with E-state index in [0.717, 1.165) is 23.1 Å². The number of nitrogens with zero attached hydrogens (tertiary/aromatic N) is 3. The first kappa shape index (κ1) is 36.9. The lowest BCUT2D eigenvalue weighted by molar-refractivity contribution is -0.132. The fraction of sp³-hybridized carbons (Fsp3) is 0.250. The van der Waals surface area contributed by atoms with E-state index >= 15 is 0 Å². The van der Waals surface area contributed by atoms with E-state index in [2.05, 4.69) is 30.1 Å². The molecule has 6 rings (SSSR count).